The number of hydrogen-bond donors (Lipinski definition) is 2. The number of sulfonamides is 1. The Bertz CT molecular complexity index is 728. The Labute approximate surface area is 127 Å². The van der Waals surface area contributed by atoms with E-state index in [1.54, 1.807) is 13.0 Å². The first-order chi connectivity index (χ1) is 9.81. The minimum Gasteiger partial charge on any atom is -0.398 e. The summed E-state index contributed by atoms with van der Waals surface area (Å²) < 4.78 is 40.1. The molecule has 21 heavy (non-hydrogen) atoms. The van der Waals surface area contributed by atoms with Crippen molar-refractivity contribution >= 4 is 27.3 Å². The molecule has 0 fully saturated rings. The summed E-state index contributed by atoms with van der Waals surface area (Å²) >= 11 is 5.92. The third kappa shape index (κ3) is 3.53. The van der Waals surface area contributed by atoms with Crippen LogP contribution in [0.15, 0.2) is 47.4 Å². The van der Waals surface area contributed by atoms with Crippen LogP contribution < -0.4 is 10.5 Å². The summed E-state index contributed by atoms with van der Waals surface area (Å²) in [4.78, 5) is -0.152. The molecule has 0 radical (unpaired) electrons. The van der Waals surface area contributed by atoms with Crippen molar-refractivity contribution in [2.45, 2.75) is 17.9 Å². The van der Waals surface area contributed by atoms with Crippen LogP contribution in [0.3, 0.4) is 0 Å². The molecule has 4 nitrogen and oxygen atoms in total. The zero-order chi connectivity index (χ0) is 15.6. The van der Waals surface area contributed by atoms with Crippen molar-refractivity contribution in [3.8, 4) is 0 Å². The van der Waals surface area contributed by atoms with Crippen LogP contribution in [0.2, 0.25) is 5.02 Å². The van der Waals surface area contributed by atoms with E-state index in [0.29, 0.717) is 5.56 Å². The van der Waals surface area contributed by atoms with E-state index >= 15 is 0 Å². The van der Waals surface area contributed by atoms with Crippen LogP contribution in [-0.2, 0) is 10.0 Å². The van der Waals surface area contributed by atoms with Gasteiger partial charge in [-0.05, 0) is 36.8 Å². The van der Waals surface area contributed by atoms with Gasteiger partial charge >= 0.3 is 0 Å². The molecule has 0 amide bonds. The molecule has 2 aromatic carbocycles. The maximum Gasteiger partial charge on any atom is 0.244 e. The summed E-state index contributed by atoms with van der Waals surface area (Å²) in [5.41, 5.74) is 6.39. The van der Waals surface area contributed by atoms with Gasteiger partial charge in [-0.25, -0.2) is 17.5 Å². The van der Waals surface area contributed by atoms with Crippen molar-refractivity contribution in [3.05, 3.63) is 58.9 Å². The van der Waals surface area contributed by atoms with E-state index < -0.39 is 16.1 Å². The molecule has 112 valence electrons. The van der Waals surface area contributed by atoms with E-state index in [2.05, 4.69) is 4.72 Å². The predicted octanol–water partition coefficient (Wildman–Crippen LogP) is 3.10. The van der Waals surface area contributed by atoms with Crippen molar-refractivity contribution in [3.63, 3.8) is 0 Å². The molecule has 1 atom stereocenters. The fourth-order valence-electron chi connectivity index (χ4n) is 1.92. The topological polar surface area (TPSA) is 72.2 Å². The summed E-state index contributed by atoms with van der Waals surface area (Å²) in [5, 5.41) is 0.0498. The molecule has 0 heterocycles. The predicted molar refractivity (Wildman–Crippen MR) is 81.0 cm³/mol. The maximum atomic E-state index is 12.9. The van der Waals surface area contributed by atoms with Crippen LogP contribution in [0.1, 0.15) is 18.5 Å². The lowest BCUT2D eigenvalue weighted by molar-refractivity contribution is 0.567. The van der Waals surface area contributed by atoms with Crippen molar-refractivity contribution in [1.82, 2.24) is 4.72 Å². The Morgan fingerprint density at radius 1 is 1.19 bits per heavy atom. The molecule has 0 aliphatic rings. The minimum absolute atomic E-state index is 0.0498. The average Bonchev–Trinajstić information content (AvgIpc) is 2.38. The molecule has 2 rings (SSSR count). The highest BCUT2D eigenvalue weighted by molar-refractivity contribution is 7.89. The van der Waals surface area contributed by atoms with Gasteiger partial charge in [-0.2, -0.15) is 0 Å². The quantitative estimate of drug-likeness (QED) is 0.847. The summed E-state index contributed by atoms with van der Waals surface area (Å²) in [6, 6.07) is 9.49. The number of anilines is 1. The zero-order valence-electron chi connectivity index (χ0n) is 11.2. The van der Waals surface area contributed by atoms with Gasteiger partial charge in [-0.3, -0.25) is 0 Å². The highest BCUT2D eigenvalue weighted by Gasteiger charge is 2.23. The lowest BCUT2D eigenvalue weighted by atomic mass is 10.1. The third-order valence-corrected chi connectivity index (χ3v) is 5.05. The summed E-state index contributed by atoms with van der Waals surface area (Å²) in [5.74, 6) is -0.385. The Morgan fingerprint density at radius 2 is 1.81 bits per heavy atom. The standard InChI is InChI=1S/C14H14ClFN2O2S/c1-9(10-5-7-11(16)8-6-10)18-21(19,20)14-12(15)3-2-4-13(14)17/h2-9,18H,17H2,1H3. The molecule has 0 aromatic heterocycles. The SMILES string of the molecule is CC(NS(=O)(=O)c1c(N)cccc1Cl)c1ccc(F)cc1. The highest BCUT2D eigenvalue weighted by Crippen LogP contribution is 2.28. The van der Waals surface area contributed by atoms with Gasteiger partial charge < -0.3 is 5.73 Å². The molecule has 0 saturated carbocycles. The maximum absolute atomic E-state index is 12.9. The minimum atomic E-state index is -3.88. The molecule has 7 heteroatoms. The molecule has 0 spiro atoms. The summed E-state index contributed by atoms with van der Waals surface area (Å²) in [6.07, 6.45) is 0. The zero-order valence-corrected chi connectivity index (χ0v) is 12.7. The van der Waals surface area contributed by atoms with Crippen molar-refractivity contribution in [2.75, 3.05) is 5.73 Å². The third-order valence-electron chi connectivity index (χ3n) is 2.97. The van der Waals surface area contributed by atoms with Crippen LogP contribution in [0.25, 0.3) is 0 Å². The molecular weight excluding hydrogens is 315 g/mol. The van der Waals surface area contributed by atoms with Crippen molar-refractivity contribution in [1.29, 1.82) is 0 Å². The second kappa shape index (κ2) is 6.01. The Hall–Kier alpha value is -1.63. The van der Waals surface area contributed by atoms with Gasteiger partial charge in [0.05, 0.1) is 10.7 Å². The summed E-state index contributed by atoms with van der Waals surface area (Å²) in [6.45, 7) is 1.65. The van der Waals surface area contributed by atoms with Crippen LogP contribution in [0.5, 0.6) is 0 Å². The van der Waals surface area contributed by atoms with E-state index in [1.165, 1.54) is 36.4 Å². The Balaban J connectivity index is 2.31. The lowest BCUT2D eigenvalue weighted by Crippen LogP contribution is -2.27. The first kappa shape index (κ1) is 15.8. The molecule has 2 aromatic rings. The number of benzene rings is 2. The van der Waals surface area contributed by atoms with Gasteiger partial charge in [-0.15, -0.1) is 0 Å². The Morgan fingerprint density at radius 3 is 2.38 bits per heavy atom. The number of nitrogen functional groups attached to an aromatic ring is 1. The van der Waals surface area contributed by atoms with Crippen LogP contribution in [0, 0.1) is 5.82 Å². The van der Waals surface area contributed by atoms with Gasteiger partial charge in [0.2, 0.25) is 10.0 Å². The van der Waals surface area contributed by atoms with Gasteiger partial charge in [0.1, 0.15) is 10.7 Å². The van der Waals surface area contributed by atoms with E-state index in [9.17, 15) is 12.8 Å². The molecular formula is C14H14ClFN2O2S. The smallest absolute Gasteiger partial charge is 0.244 e. The van der Waals surface area contributed by atoms with Crippen LogP contribution in [0.4, 0.5) is 10.1 Å². The largest absolute Gasteiger partial charge is 0.398 e. The molecule has 1 unspecified atom stereocenters. The van der Waals surface area contributed by atoms with Gasteiger partial charge in [0.15, 0.2) is 0 Å². The normalized spacial score (nSPS) is 13.1. The fraction of sp³-hybridized carbons (Fsp3) is 0.143. The van der Waals surface area contributed by atoms with E-state index in [1.807, 2.05) is 0 Å². The van der Waals surface area contributed by atoms with Crippen LogP contribution in [-0.4, -0.2) is 8.42 Å². The monoisotopic (exact) mass is 328 g/mol. The van der Waals surface area contributed by atoms with E-state index in [0.717, 1.165) is 0 Å². The van der Waals surface area contributed by atoms with E-state index in [-0.39, 0.29) is 21.4 Å². The first-order valence-corrected chi connectivity index (χ1v) is 7.99. The molecule has 0 saturated heterocycles. The average molecular weight is 329 g/mol. The number of nitrogens with two attached hydrogens (primary N) is 1. The molecule has 3 N–H and O–H groups in total. The first-order valence-electron chi connectivity index (χ1n) is 6.13. The lowest BCUT2D eigenvalue weighted by Gasteiger charge is -2.16. The second-order valence-corrected chi connectivity index (χ2v) is 6.61. The molecule has 0 bridgehead atoms. The number of rotatable bonds is 4. The second-order valence-electron chi connectivity index (χ2n) is 4.55. The van der Waals surface area contributed by atoms with E-state index in [4.69, 9.17) is 17.3 Å². The summed E-state index contributed by atoms with van der Waals surface area (Å²) in [7, 11) is -3.88. The number of hydrogen-bond acceptors (Lipinski definition) is 3. The van der Waals surface area contributed by atoms with Gasteiger partial charge in [0.25, 0.3) is 0 Å². The number of nitrogens with one attached hydrogen (secondary N) is 1. The Kier molecular flexibility index (Phi) is 4.51. The fourth-order valence-corrected chi connectivity index (χ4v) is 3.83. The highest BCUT2D eigenvalue weighted by atomic mass is 35.5. The molecule has 0 aliphatic heterocycles. The van der Waals surface area contributed by atoms with Crippen molar-refractivity contribution in [2.24, 2.45) is 0 Å². The van der Waals surface area contributed by atoms with Gasteiger partial charge in [-0.1, -0.05) is 29.8 Å². The molecule has 0 aliphatic carbocycles. The van der Waals surface area contributed by atoms with Crippen LogP contribution >= 0.6 is 11.6 Å². The van der Waals surface area contributed by atoms with Gasteiger partial charge in [0, 0.05) is 6.04 Å². The van der Waals surface area contributed by atoms with Crippen molar-refractivity contribution < 1.29 is 12.8 Å². The number of halogens is 2.